The van der Waals surface area contributed by atoms with Crippen molar-refractivity contribution in [1.82, 2.24) is 10.3 Å². The van der Waals surface area contributed by atoms with E-state index in [-0.39, 0.29) is 0 Å². The molecule has 0 spiro atoms. The molecule has 4 aromatic rings. The van der Waals surface area contributed by atoms with E-state index in [4.69, 9.17) is 0 Å². The van der Waals surface area contributed by atoms with Crippen molar-refractivity contribution in [3.8, 4) is 0 Å². The molecule has 1 aromatic heterocycles. The molecular formula is C25H23N3O2. The molecule has 1 amide bonds. The average molecular weight is 397 g/mol. The number of ketones is 1. The number of benzene rings is 3. The van der Waals surface area contributed by atoms with E-state index in [1.165, 1.54) is 5.56 Å². The van der Waals surface area contributed by atoms with E-state index in [1.807, 2.05) is 72.8 Å². The van der Waals surface area contributed by atoms with Crippen LogP contribution < -0.4 is 10.2 Å². The zero-order valence-corrected chi connectivity index (χ0v) is 16.5. The van der Waals surface area contributed by atoms with Gasteiger partial charge in [-0.1, -0.05) is 66.7 Å². The molecular weight excluding hydrogens is 374 g/mol. The highest BCUT2D eigenvalue weighted by atomic mass is 16.2. The highest BCUT2D eigenvalue weighted by molar-refractivity contribution is 6.44. The molecule has 0 bridgehead atoms. The molecule has 0 unspecified atom stereocenters. The Bertz CT molecular complexity index is 1140. The number of hydrogen-bond acceptors (Lipinski definition) is 3. The number of fused-ring (bicyclic) bond motifs is 1. The Hall–Kier alpha value is -3.86. The van der Waals surface area contributed by atoms with Crippen LogP contribution in [0.1, 0.15) is 15.9 Å². The molecule has 3 aromatic carbocycles. The fourth-order valence-corrected chi connectivity index (χ4v) is 3.51. The van der Waals surface area contributed by atoms with Crippen LogP contribution in [0.4, 0.5) is 5.69 Å². The van der Waals surface area contributed by atoms with Crippen LogP contribution >= 0.6 is 0 Å². The molecule has 30 heavy (non-hydrogen) atoms. The van der Waals surface area contributed by atoms with Crippen LogP contribution in [0.2, 0.25) is 0 Å². The molecule has 0 fully saturated rings. The van der Waals surface area contributed by atoms with Crippen molar-refractivity contribution in [3.63, 3.8) is 0 Å². The summed E-state index contributed by atoms with van der Waals surface area (Å²) in [6.45, 7) is 1.68. The maximum atomic E-state index is 12.6. The number of carbonyl (C=O) groups excluding carboxylic acids is 2. The quantitative estimate of drug-likeness (QED) is 0.346. The van der Waals surface area contributed by atoms with E-state index in [1.54, 1.807) is 6.20 Å². The van der Waals surface area contributed by atoms with Crippen molar-refractivity contribution >= 4 is 28.3 Å². The summed E-state index contributed by atoms with van der Waals surface area (Å²) in [6, 6.07) is 27.7. The molecule has 0 aliphatic heterocycles. The Labute approximate surface area is 175 Å². The monoisotopic (exact) mass is 397 g/mol. The summed E-state index contributed by atoms with van der Waals surface area (Å²) >= 11 is 0. The summed E-state index contributed by atoms with van der Waals surface area (Å²) < 4.78 is 0. The first kappa shape index (κ1) is 19.5. The molecule has 0 saturated heterocycles. The molecule has 5 heteroatoms. The van der Waals surface area contributed by atoms with Crippen molar-refractivity contribution in [1.29, 1.82) is 0 Å². The molecule has 2 N–H and O–H groups in total. The third kappa shape index (κ3) is 4.41. The van der Waals surface area contributed by atoms with Gasteiger partial charge >= 0.3 is 0 Å². The summed E-state index contributed by atoms with van der Waals surface area (Å²) in [4.78, 5) is 30.3. The van der Waals surface area contributed by atoms with Crippen molar-refractivity contribution in [2.75, 3.05) is 18.0 Å². The highest BCUT2D eigenvalue weighted by Gasteiger charge is 2.19. The molecule has 0 saturated carbocycles. The van der Waals surface area contributed by atoms with Crippen molar-refractivity contribution < 1.29 is 9.59 Å². The summed E-state index contributed by atoms with van der Waals surface area (Å²) in [5.41, 5.74) is 3.49. The average Bonchev–Trinajstić information content (AvgIpc) is 3.23. The third-order valence-electron chi connectivity index (χ3n) is 5.04. The number of aromatic nitrogens is 1. The minimum atomic E-state index is -0.590. The van der Waals surface area contributed by atoms with Crippen LogP contribution in [0.5, 0.6) is 0 Å². The Balaban J connectivity index is 1.41. The Morgan fingerprint density at radius 3 is 2.27 bits per heavy atom. The van der Waals surface area contributed by atoms with Crippen LogP contribution in [0, 0.1) is 0 Å². The zero-order valence-electron chi connectivity index (χ0n) is 16.5. The van der Waals surface area contributed by atoms with Crippen molar-refractivity contribution in [2.45, 2.75) is 6.54 Å². The number of H-pyrrole nitrogens is 1. The van der Waals surface area contributed by atoms with Gasteiger partial charge in [-0.2, -0.15) is 0 Å². The Morgan fingerprint density at radius 2 is 1.50 bits per heavy atom. The number of amides is 1. The number of hydrogen-bond donors (Lipinski definition) is 2. The van der Waals surface area contributed by atoms with Gasteiger partial charge in [-0.25, -0.2) is 0 Å². The molecule has 0 aliphatic rings. The van der Waals surface area contributed by atoms with Crippen LogP contribution in [0.25, 0.3) is 10.9 Å². The van der Waals surface area contributed by atoms with Crippen LogP contribution in [-0.4, -0.2) is 29.8 Å². The first-order valence-electron chi connectivity index (χ1n) is 9.95. The SMILES string of the molecule is O=C(NCCN(Cc1ccccc1)c1ccccc1)C(=O)c1c[nH]c2ccccc12. The number of para-hydroxylation sites is 2. The van der Waals surface area contributed by atoms with Crippen LogP contribution in [0.3, 0.4) is 0 Å². The maximum absolute atomic E-state index is 12.6. The van der Waals surface area contributed by atoms with Gasteiger partial charge in [-0.15, -0.1) is 0 Å². The molecule has 5 nitrogen and oxygen atoms in total. The predicted octanol–water partition coefficient (Wildman–Crippen LogP) is 4.17. The topological polar surface area (TPSA) is 65.2 Å². The van der Waals surface area contributed by atoms with E-state index < -0.39 is 11.7 Å². The van der Waals surface area contributed by atoms with Gasteiger partial charge in [0.15, 0.2) is 0 Å². The fourth-order valence-electron chi connectivity index (χ4n) is 3.51. The lowest BCUT2D eigenvalue weighted by atomic mass is 10.1. The molecule has 150 valence electrons. The number of anilines is 1. The maximum Gasteiger partial charge on any atom is 0.292 e. The van der Waals surface area contributed by atoms with E-state index in [2.05, 4.69) is 27.3 Å². The molecule has 4 rings (SSSR count). The van der Waals surface area contributed by atoms with E-state index in [9.17, 15) is 9.59 Å². The third-order valence-corrected chi connectivity index (χ3v) is 5.04. The largest absolute Gasteiger partial charge is 0.365 e. The van der Waals surface area contributed by atoms with Gasteiger partial charge in [0.1, 0.15) is 0 Å². The van der Waals surface area contributed by atoms with Gasteiger partial charge in [0.2, 0.25) is 0 Å². The number of carbonyl (C=O) groups is 2. The van der Waals surface area contributed by atoms with Crippen LogP contribution in [-0.2, 0) is 11.3 Å². The summed E-state index contributed by atoms with van der Waals surface area (Å²) in [6.07, 6.45) is 1.60. The minimum absolute atomic E-state index is 0.370. The highest BCUT2D eigenvalue weighted by Crippen LogP contribution is 2.18. The van der Waals surface area contributed by atoms with Gasteiger partial charge in [0.25, 0.3) is 11.7 Å². The Kier molecular flexibility index (Phi) is 5.90. The van der Waals surface area contributed by atoms with Crippen LogP contribution in [0.15, 0.2) is 91.1 Å². The van der Waals surface area contributed by atoms with E-state index >= 15 is 0 Å². The standard InChI is InChI=1S/C25H23N3O2/c29-24(22-17-27-23-14-8-7-13-21(22)23)25(30)26-15-16-28(20-11-5-2-6-12-20)18-19-9-3-1-4-10-19/h1-14,17,27H,15-16,18H2,(H,26,30). The molecule has 0 radical (unpaired) electrons. The fraction of sp³-hybridized carbons (Fsp3) is 0.120. The molecule has 0 aliphatic carbocycles. The van der Waals surface area contributed by atoms with Gasteiger partial charge in [0, 0.05) is 42.4 Å². The lowest BCUT2D eigenvalue weighted by Crippen LogP contribution is -2.38. The predicted molar refractivity (Wildman–Crippen MR) is 120 cm³/mol. The smallest absolute Gasteiger partial charge is 0.292 e. The zero-order chi connectivity index (χ0) is 20.8. The second kappa shape index (κ2) is 9.09. The lowest BCUT2D eigenvalue weighted by Gasteiger charge is -2.25. The van der Waals surface area contributed by atoms with Crippen molar-refractivity contribution in [2.24, 2.45) is 0 Å². The van der Waals surface area contributed by atoms with E-state index in [0.29, 0.717) is 18.7 Å². The van der Waals surface area contributed by atoms with Gasteiger partial charge in [0.05, 0.1) is 5.56 Å². The second-order valence-electron chi connectivity index (χ2n) is 7.08. The summed E-state index contributed by atoms with van der Waals surface area (Å²) in [7, 11) is 0. The normalized spacial score (nSPS) is 10.7. The first-order valence-corrected chi connectivity index (χ1v) is 9.95. The van der Waals surface area contributed by atoms with E-state index in [0.717, 1.165) is 23.1 Å². The van der Waals surface area contributed by atoms with Crippen molar-refractivity contribution in [3.05, 3.63) is 102 Å². The second-order valence-corrected chi connectivity index (χ2v) is 7.08. The number of nitrogens with one attached hydrogen (secondary N) is 2. The first-order chi connectivity index (χ1) is 14.7. The summed E-state index contributed by atoms with van der Waals surface area (Å²) in [5, 5.41) is 3.53. The minimum Gasteiger partial charge on any atom is -0.365 e. The lowest BCUT2D eigenvalue weighted by molar-refractivity contribution is -0.116. The molecule has 1 heterocycles. The summed E-state index contributed by atoms with van der Waals surface area (Å²) in [5.74, 6) is -1.12. The van der Waals surface area contributed by atoms with Gasteiger partial charge in [-0.3, -0.25) is 9.59 Å². The number of rotatable bonds is 8. The molecule has 0 atom stereocenters. The number of aromatic amines is 1. The van der Waals surface area contributed by atoms with Gasteiger partial charge in [-0.05, 0) is 23.8 Å². The number of nitrogens with zero attached hydrogens (tertiary/aromatic N) is 1. The van der Waals surface area contributed by atoms with Gasteiger partial charge < -0.3 is 15.2 Å². The number of Topliss-reactive ketones (excluding diaryl/α,β-unsaturated/α-hetero) is 1. The Morgan fingerprint density at radius 1 is 0.833 bits per heavy atom.